The molecule has 1 fully saturated rings. The molecule has 1 N–H and O–H groups in total. The summed E-state index contributed by atoms with van der Waals surface area (Å²) >= 11 is 1.36. The first-order valence-corrected chi connectivity index (χ1v) is 13.1. The number of rotatable bonds is 7. The monoisotopic (exact) mass is 498 g/mol. The summed E-state index contributed by atoms with van der Waals surface area (Å²) < 4.78 is 35.1. The highest BCUT2D eigenvalue weighted by Gasteiger charge is 2.31. The van der Waals surface area contributed by atoms with Crippen molar-refractivity contribution in [2.45, 2.75) is 30.2 Å². The maximum Gasteiger partial charge on any atom is 0.323 e. The van der Waals surface area contributed by atoms with Gasteiger partial charge in [-0.1, -0.05) is 11.3 Å². The topological polar surface area (TPSA) is 115 Å². The summed E-state index contributed by atoms with van der Waals surface area (Å²) in [6.45, 7) is 0.607. The molecule has 1 aliphatic heterocycles. The van der Waals surface area contributed by atoms with E-state index in [-0.39, 0.29) is 17.4 Å². The van der Waals surface area contributed by atoms with Crippen molar-refractivity contribution in [3.05, 3.63) is 65.9 Å². The van der Waals surface area contributed by atoms with E-state index in [1.807, 2.05) is 18.3 Å². The molecule has 1 saturated heterocycles. The molecule has 0 radical (unpaired) electrons. The molecule has 4 aromatic rings. The Kier molecular flexibility index (Phi) is 6.07. The van der Waals surface area contributed by atoms with E-state index in [2.05, 4.69) is 9.97 Å². The fourth-order valence-electron chi connectivity index (χ4n) is 4.34. The fraction of sp³-hybridized carbons (Fsp3) is 0.261. The molecule has 0 amide bonds. The molecule has 9 nitrogen and oxygen atoms in total. The molecule has 5 rings (SSSR count). The first-order valence-electron chi connectivity index (χ1n) is 10.7. The highest BCUT2D eigenvalue weighted by Crippen LogP contribution is 2.35. The van der Waals surface area contributed by atoms with Gasteiger partial charge in [0.05, 0.1) is 4.90 Å². The largest absolute Gasteiger partial charge is 0.480 e. The Morgan fingerprint density at radius 1 is 1.12 bits per heavy atom. The minimum Gasteiger partial charge on any atom is -0.480 e. The number of carbonyl (C=O) groups is 1. The zero-order valence-electron chi connectivity index (χ0n) is 18.1. The van der Waals surface area contributed by atoms with E-state index in [0.717, 1.165) is 10.9 Å². The summed E-state index contributed by atoms with van der Waals surface area (Å²) in [4.78, 5) is 19.9. The highest BCUT2D eigenvalue weighted by molar-refractivity contribution is 7.89. The number of aliphatic carboxylic acids is 1. The summed E-state index contributed by atoms with van der Waals surface area (Å²) in [6.07, 6.45) is 6.43. The van der Waals surface area contributed by atoms with Crippen molar-refractivity contribution >= 4 is 38.4 Å². The van der Waals surface area contributed by atoms with Crippen LogP contribution in [0.1, 0.15) is 24.3 Å². The van der Waals surface area contributed by atoms with Gasteiger partial charge < -0.3 is 14.4 Å². The average Bonchev–Trinajstić information content (AvgIpc) is 3.47. The first kappa shape index (κ1) is 22.5. The molecular weight excluding hydrogens is 476 g/mol. The van der Waals surface area contributed by atoms with Gasteiger partial charge in [-0.05, 0) is 60.7 Å². The number of fused-ring (bicyclic) bond motifs is 1. The van der Waals surface area contributed by atoms with Gasteiger partial charge >= 0.3 is 5.97 Å². The number of nitrogens with zero attached hydrogens (tertiary/aromatic N) is 4. The van der Waals surface area contributed by atoms with Crippen LogP contribution in [0.15, 0.2) is 65.3 Å². The molecule has 0 unspecified atom stereocenters. The molecule has 4 heterocycles. The molecule has 3 aromatic heterocycles. The zero-order chi connectivity index (χ0) is 23.7. The Bertz CT molecular complexity index is 1410. The van der Waals surface area contributed by atoms with Gasteiger partial charge in [-0.15, -0.1) is 0 Å². The van der Waals surface area contributed by atoms with Gasteiger partial charge in [0.15, 0.2) is 0 Å². The number of thiazole rings is 1. The second-order valence-corrected chi connectivity index (χ2v) is 10.8. The molecule has 1 aromatic carbocycles. The number of sulfonamides is 1. The minimum absolute atomic E-state index is 0.127. The van der Waals surface area contributed by atoms with Crippen LogP contribution in [0.3, 0.4) is 0 Å². The number of benzene rings is 1. The second kappa shape index (κ2) is 9.16. The van der Waals surface area contributed by atoms with Gasteiger partial charge in [-0.25, -0.2) is 18.4 Å². The molecule has 176 valence electrons. The van der Waals surface area contributed by atoms with Gasteiger partial charge in [0.25, 0.3) is 5.19 Å². The number of pyridine rings is 1. The Labute approximate surface area is 200 Å². The van der Waals surface area contributed by atoms with Crippen molar-refractivity contribution in [1.82, 2.24) is 18.8 Å². The number of piperidine rings is 1. The van der Waals surface area contributed by atoms with Crippen LogP contribution in [0.2, 0.25) is 0 Å². The molecule has 11 heteroatoms. The fourth-order valence-corrected chi connectivity index (χ4v) is 6.31. The van der Waals surface area contributed by atoms with Crippen LogP contribution in [0.5, 0.6) is 10.9 Å². The van der Waals surface area contributed by atoms with Crippen molar-refractivity contribution < 1.29 is 23.1 Å². The summed E-state index contributed by atoms with van der Waals surface area (Å²) in [5.41, 5.74) is 1.65. The van der Waals surface area contributed by atoms with Crippen LogP contribution < -0.4 is 4.74 Å². The van der Waals surface area contributed by atoms with Crippen LogP contribution in [-0.4, -0.2) is 51.4 Å². The third-order valence-electron chi connectivity index (χ3n) is 5.94. The van der Waals surface area contributed by atoms with E-state index in [0.29, 0.717) is 42.5 Å². The van der Waals surface area contributed by atoms with E-state index < -0.39 is 16.0 Å². The molecule has 0 atom stereocenters. The SMILES string of the molecule is O=C(O)Cn1cc(C2CCN(S(=O)(=O)c3ccc(Oc4nccs4)cc3)CC2)c2cccnc21. The summed E-state index contributed by atoms with van der Waals surface area (Å²) in [7, 11) is -3.63. The van der Waals surface area contributed by atoms with Gasteiger partial charge in [-0.3, -0.25) is 4.79 Å². The van der Waals surface area contributed by atoms with E-state index in [9.17, 15) is 18.3 Å². The summed E-state index contributed by atoms with van der Waals surface area (Å²) in [6, 6.07) is 10.1. The number of carboxylic acids is 1. The van der Waals surface area contributed by atoms with Gasteiger partial charge in [-0.2, -0.15) is 4.31 Å². The maximum absolute atomic E-state index is 13.2. The lowest BCUT2D eigenvalue weighted by Crippen LogP contribution is -2.37. The average molecular weight is 499 g/mol. The van der Waals surface area contributed by atoms with Gasteiger partial charge in [0.1, 0.15) is 17.9 Å². The summed E-state index contributed by atoms with van der Waals surface area (Å²) in [5, 5.41) is 12.4. The predicted octanol–water partition coefficient (Wildman–Crippen LogP) is 3.94. The normalized spacial score (nSPS) is 15.5. The number of hydrogen-bond donors (Lipinski definition) is 1. The molecule has 0 spiro atoms. The van der Waals surface area contributed by atoms with Gasteiger partial charge in [0.2, 0.25) is 10.0 Å². The van der Waals surface area contributed by atoms with E-state index in [4.69, 9.17) is 4.74 Å². The van der Waals surface area contributed by atoms with E-state index in [1.54, 1.807) is 46.6 Å². The van der Waals surface area contributed by atoms with Crippen molar-refractivity contribution in [2.24, 2.45) is 0 Å². The maximum atomic E-state index is 13.2. The third-order valence-corrected chi connectivity index (χ3v) is 8.50. The van der Waals surface area contributed by atoms with Crippen molar-refractivity contribution in [3.63, 3.8) is 0 Å². The second-order valence-electron chi connectivity index (χ2n) is 8.03. The lowest BCUT2D eigenvalue weighted by molar-refractivity contribution is -0.137. The van der Waals surface area contributed by atoms with Crippen molar-refractivity contribution in [2.75, 3.05) is 13.1 Å². The van der Waals surface area contributed by atoms with Gasteiger partial charge in [0, 0.05) is 42.4 Å². The Balaban J connectivity index is 1.30. The minimum atomic E-state index is -3.63. The van der Waals surface area contributed by atoms with Crippen LogP contribution in [0.25, 0.3) is 11.0 Å². The molecule has 0 bridgehead atoms. The lowest BCUT2D eigenvalue weighted by atomic mass is 9.90. The third kappa shape index (κ3) is 4.41. The lowest BCUT2D eigenvalue weighted by Gasteiger charge is -2.31. The van der Waals surface area contributed by atoms with Crippen LogP contribution in [0, 0.1) is 0 Å². The first-order chi connectivity index (χ1) is 16.4. The number of ether oxygens (including phenoxy) is 1. The smallest absolute Gasteiger partial charge is 0.323 e. The number of carboxylic acid groups (broad SMARTS) is 1. The Morgan fingerprint density at radius 3 is 2.56 bits per heavy atom. The van der Waals surface area contributed by atoms with Crippen molar-refractivity contribution in [3.8, 4) is 10.9 Å². The standard InChI is InChI=1S/C23H22N4O5S2/c28-21(29)15-26-14-20(19-2-1-9-24-22(19)26)16-7-11-27(12-8-16)34(30,31)18-5-3-17(4-6-18)32-23-25-10-13-33-23/h1-6,9-10,13-14,16H,7-8,11-12,15H2,(H,28,29). The van der Waals surface area contributed by atoms with Crippen LogP contribution in [-0.2, 0) is 21.4 Å². The molecule has 0 aliphatic carbocycles. The van der Waals surface area contributed by atoms with Crippen molar-refractivity contribution in [1.29, 1.82) is 0 Å². The molecule has 0 saturated carbocycles. The van der Waals surface area contributed by atoms with Crippen LogP contribution in [0.4, 0.5) is 0 Å². The van der Waals surface area contributed by atoms with Crippen LogP contribution >= 0.6 is 11.3 Å². The quantitative estimate of drug-likeness (QED) is 0.410. The molecular formula is C23H22N4O5S2. The number of hydrogen-bond acceptors (Lipinski definition) is 7. The number of aromatic nitrogens is 3. The molecule has 1 aliphatic rings. The predicted molar refractivity (Wildman–Crippen MR) is 127 cm³/mol. The Hall–Kier alpha value is -3.28. The molecule has 34 heavy (non-hydrogen) atoms. The van der Waals surface area contributed by atoms with E-state index in [1.165, 1.54) is 15.6 Å². The summed E-state index contributed by atoms with van der Waals surface area (Å²) in [5.74, 6) is -0.278. The Morgan fingerprint density at radius 2 is 1.88 bits per heavy atom. The van der Waals surface area contributed by atoms with E-state index >= 15 is 0 Å². The zero-order valence-corrected chi connectivity index (χ0v) is 19.7. The highest BCUT2D eigenvalue weighted by atomic mass is 32.2.